The first-order valence-electron chi connectivity index (χ1n) is 9.10. The van der Waals surface area contributed by atoms with Crippen LogP contribution in [0.5, 0.6) is 0 Å². The molecule has 0 atom stereocenters. The van der Waals surface area contributed by atoms with Crippen molar-refractivity contribution in [2.45, 2.75) is 19.4 Å². The number of benzene rings is 2. The lowest BCUT2D eigenvalue weighted by atomic mass is 10.1. The van der Waals surface area contributed by atoms with Gasteiger partial charge in [-0.05, 0) is 36.2 Å². The standard InChI is InChI=1S/C21H23F2N3O3/c1-24-20(28)15-7-5-14(6-8-15)13-26(2)19(27)4-3-11-25-21(29)17-10-9-16(22)12-18(17)23/h5-10,12H,3-4,11,13H2,1-2H3,(H,24,28)(H,25,29). The first-order valence-corrected chi connectivity index (χ1v) is 9.10. The highest BCUT2D eigenvalue weighted by atomic mass is 19.1. The number of halogens is 2. The summed E-state index contributed by atoms with van der Waals surface area (Å²) in [5.41, 5.74) is 1.18. The highest BCUT2D eigenvalue weighted by Gasteiger charge is 2.13. The van der Waals surface area contributed by atoms with Gasteiger partial charge in [0.15, 0.2) is 0 Å². The highest BCUT2D eigenvalue weighted by molar-refractivity contribution is 5.94. The van der Waals surface area contributed by atoms with Crippen LogP contribution < -0.4 is 10.6 Å². The Kier molecular flexibility index (Phi) is 7.82. The summed E-state index contributed by atoms with van der Waals surface area (Å²) in [6.45, 7) is 0.579. The zero-order valence-corrected chi connectivity index (χ0v) is 16.3. The summed E-state index contributed by atoms with van der Waals surface area (Å²) in [5, 5.41) is 5.06. The monoisotopic (exact) mass is 403 g/mol. The second-order valence-electron chi connectivity index (χ2n) is 6.51. The molecule has 29 heavy (non-hydrogen) atoms. The fourth-order valence-electron chi connectivity index (χ4n) is 2.67. The van der Waals surface area contributed by atoms with E-state index in [-0.39, 0.29) is 30.3 Å². The molecule has 8 heteroatoms. The number of nitrogens with zero attached hydrogens (tertiary/aromatic N) is 1. The van der Waals surface area contributed by atoms with Gasteiger partial charge in [-0.2, -0.15) is 0 Å². The Morgan fingerprint density at radius 2 is 1.69 bits per heavy atom. The third-order valence-corrected chi connectivity index (χ3v) is 4.32. The number of amides is 3. The highest BCUT2D eigenvalue weighted by Crippen LogP contribution is 2.10. The van der Waals surface area contributed by atoms with Crippen LogP contribution in [-0.4, -0.2) is 43.3 Å². The van der Waals surface area contributed by atoms with Gasteiger partial charge in [-0.1, -0.05) is 12.1 Å². The molecule has 3 amide bonds. The molecule has 2 aromatic carbocycles. The number of carbonyl (C=O) groups is 3. The van der Waals surface area contributed by atoms with E-state index in [0.29, 0.717) is 24.6 Å². The summed E-state index contributed by atoms with van der Waals surface area (Å²) in [5.74, 6) is -2.62. The van der Waals surface area contributed by atoms with Crippen molar-refractivity contribution < 1.29 is 23.2 Å². The topological polar surface area (TPSA) is 78.5 Å². The average Bonchev–Trinajstić information content (AvgIpc) is 2.70. The van der Waals surface area contributed by atoms with Crippen LogP contribution in [0.25, 0.3) is 0 Å². The van der Waals surface area contributed by atoms with Crippen LogP contribution in [-0.2, 0) is 11.3 Å². The van der Waals surface area contributed by atoms with Crippen LogP contribution in [0.1, 0.15) is 39.1 Å². The number of hydrogen-bond donors (Lipinski definition) is 2. The van der Waals surface area contributed by atoms with E-state index < -0.39 is 17.5 Å². The van der Waals surface area contributed by atoms with E-state index in [1.165, 1.54) is 0 Å². The lowest BCUT2D eigenvalue weighted by Crippen LogP contribution is -2.29. The molecular formula is C21H23F2N3O3. The minimum atomic E-state index is -0.930. The summed E-state index contributed by atoms with van der Waals surface area (Å²) in [4.78, 5) is 37.2. The van der Waals surface area contributed by atoms with Crippen LogP contribution >= 0.6 is 0 Å². The van der Waals surface area contributed by atoms with Crippen LogP contribution in [0.2, 0.25) is 0 Å². The van der Waals surface area contributed by atoms with Crippen molar-refractivity contribution in [3.63, 3.8) is 0 Å². The molecule has 2 aromatic rings. The predicted molar refractivity (Wildman–Crippen MR) is 104 cm³/mol. The van der Waals surface area contributed by atoms with Gasteiger partial charge in [0.05, 0.1) is 5.56 Å². The maximum atomic E-state index is 13.6. The number of hydrogen-bond acceptors (Lipinski definition) is 3. The van der Waals surface area contributed by atoms with Gasteiger partial charge >= 0.3 is 0 Å². The van der Waals surface area contributed by atoms with Crippen molar-refractivity contribution in [2.24, 2.45) is 0 Å². The van der Waals surface area contributed by atoms with Crippen LogP contribution in [0.15, 0.2) is 42.5 Å². The van der Waals surface area contributed by atoms with Crippen molar-refractivity contribution in [1.82, 2.24) is 15.5 Å². The fourth-order valence-corrected chi connectivity index (χ4v) is 2.67. The molecule has 154 valence electrons. The Balaban J connectivity index is 1.75. The third-order valence-electron chi connectivity index (χ3n) is 4.32. The molecule has 2 N–H and O–H groups in total. The van der Waals surface area contributed by atoms with Gasteiger partial charge in [-0.3, -0.25) is 14.4 Å². The Hall–Kier alpha value is -3.29. The van der Waals surface area contributed by atoms with E-state index in [4.69, 9.17) is 0 Å². The molecule has 0 heterocycles. The Bertz CT molecular complexity index is 885. The van der Waals surface area contributed by atoms with E-state index in [2.05, 4.69) is 10.6 Å². The average molecular weight is 403 g/mol. The third kappa shape index (κ3) is 6.38. The molecule has 0 aliphatic carbocycles. The van der Waals surface area contributed by atoms with E-state index in [9.17, 15) is 23.2 Å². The largest absolute Gasteiger partial charge is 0.355 e. The summed E-state index contributed by atoms with van der Waals surface area (Å²) >= 11 is 0. The van der Waals surface area contributed by atoms with Gasteiger partial charge in [0.25, 0.3) is 11.8 Å². The fraction of sp³-hybridized carbons (Fsp3) is 0.286. The van der Waals surface area contributed by atoms with E-state index >= 15 is 0 Å². The number of rotatable bonds is 8. The summed E-state index contributed by atoms with van der Waals surface area (Å²) in [7, 11) is 3.22. The molecule has 0 fully saturated rings. The molecule has 6 nitrogen and oxygen atoms in total. The Morgan fingerprint density at radius 1 is 1.00 bits per heavy atom. The molecule has 0 spiro atoms. The summed E-state index contributed by atoms with van der Waals surface area (Å²) < 4.78 is 26.4. The lowest BCUT2D eigenvalue weighted by Gasteiger charge is -2.17. The van der Waals surface area contributed by atoms with E-state index in [1.54, 1.807) is 43.3 Å². The first-order chi connectivity index (χ1) is 13.8. The smallest absolute Gasteiger partial charge is 0.254 e. The quantitative estimate of drug-likeness (QED) is 0.665. The molecule has 0 radical (unpaired) electrons. The molecule has 0 aromatic heterocycles. The van der Waals surface area contributed by atoms with Crippen LogP contribution in [0, 0.1) is 11.6 Å². The van der Waals surface area contributed by atoms with Gasteiger partial charge in [0.1, 0.15) is 11.6 Å². The van der Waals surface area contributed by atoms with Gasteiger partial charge in [-0.25, -0.2) is 8.78 Å². The summed E-state index contributed by atoms with van der Waals surface area (Å²) in [6.07, 6.45) is 0.590. The molecular weight excluding hydrogens is 380 g/mol. The molecule has 2 rings (SSSR count). The second kappa shape index (κ2) is 10.3. The molecule has 0 saturated heterocycles. The molecule has 0 aliphatic heterocycles. The lowest BCUT2D eigenvalue weighted by molar-refractivity contribution is -0.130. The van der Waals surface area contributed by atoms with Crippen molar-refractivity contribution in [1.29, 1.82) is 0 Å². The van der Waals surface area contributed by atoms with Crippen molar-refractivity contribution >= 4 is 17.7 Å². The maximum Gasteiger partial charge on any atom is 0.254 e. The van der Waals surface area contributed by atoms with Crippen molar-refractivity contribution in [3.8, 4) is 0 Å². The SMILES string of the molecule is CNC(=O)c1ccc(CN(C)C(=O)CCCNC(=O)c2ccc(F)cc2F)cc1. The zero-order valence-electron chi connectivity index (χ0n) is 16.3. The minimum Gasteiger partial charge on any atom is -0.355 e. The minimum absolute atomic E-state index is 0.109. The van der Waals surface area contributed by atoms with Crippen molar-refractivity contribution in [2.75, 3.05) is 20.6 Å². The Labute approximate surface area is 167 Å². The normalized spacial score (nSPS) is 10.3. The zero-order chi connectivity index (χ0) is 21.4. The van der Waals surface area contributed by atoms with Crippen LogP contribution in [0.4, 0.5) is 8.78 Å². The maximum absolute atomic E-state index is 13.6. The first kappa shape index (κ1) is 22.0. The van der Waals surface area contributed by atoms with Gasteiger partial charge in [0.2, 0.25) is 5.91 Å². The van der Waals surface area contributed by atoms with Gasteiger partial charge < -0.3 is 15.5 Å². The predicted octanol–water partition coefficient (Wildman–Crippen LogP) is 2.49. The molecule has 0 unspecified atom stereocenters. The van der Waals surface area contributed by atoms with Gasteiger partial charge in [-0.15, -0.1) is 0 Å². The van der Waals surface area contributed by atoms with Crippen molar-refractivity contribution in [3.05, 3.63) is 70.8 Å². The molecule has 0 bridgehead atoms. The van der Waals surface area contributed by atoms with Gasteiger partial charge in [0, 0.05) is 45.2 Å². The van der Waals surface area contributed by atoms with E-state index in [0.717, 1.165) is 17.7 Å². The molecule has 0 aliphatic rings. The number of nitrogens with one attached hydrogen (secondary N) is 2. The second-order valence-corrected chi connectivity index (χ2v) is 6.51. The number of carbonyl (C=O) groups excluding carboxylic acids is 3. The summed E-state index contributed by atoms with van der Waals surface area (Å²) in [6, 6.07) is 9.69. The van der Waals surface area contributed by atoms with E-state index in [1.807, 2.05) is 0 Å². The van der Waals surface area contributed by atoms with Crippen LogP contribution in [0.3, 0.4) is 0 Å². The Morgan fingerprint density at radius 3 is 2.31 bits per heavy atom. The molecule has 0 saturated carbocycles.